The number of phenolic OH excluding ortho intramolecular Hbond substituents is 1. The van der Waals surface area contributed by atoms with Gasteiger partial charge in [-0.1, -0.05) is 12.1 Å². The molecular weight excluding hydrogens is 222 g/mol. The summed E-state index contributed by atoms with van der Waals surface area (Å²) in [6.45, 7) is 0. The first-order valence-corrected chi connectivity index (χ1v) is 5.29. The fourth-order valence-electron chi connectivity index (χ4n) is 1.68. The Labute approximate surface area is 98.1 Å². The number of nitrogens with one attached hydrogen (secondary N) is 1. The van der Waals surface area contributed by atoms with Gasteiger partial charge in [0, 0.05) is 4.90 Å². The highest BCUT2D eigenvalue weighted by molar-refractivity contribution is 7.80. The molecule has 1 aliphatic rings. The molecule has 1 heterocycles. The number of aromatic hydroxyl groups is 1. The summed E-state index contributed by atoms with van der Waals surface area (Å²) < 4.78 is 5.66. The Balaban J connectivity index is 2.16. The zero-order valence-corrected chi connectivity index (χ0v) is 9.16. The fourth-order valence-corrected chi connectivity index (χ4v) is 1.87. The van der Waals surface area contributed by atoms with E-state index in [0.717, 1.165) is 11.4 Å². The van der Waals surface area contributed by atoms with Crippen LogP contribution < -0.4 is 10.1 Å². The van der Waals surface area contributed by atoms with Gasteiger partial charge in [0.15, 0.2) is 17.2 Å². The third kappa shape index (κ3) is 1.31. The van der Waals surface area contributed by atoms with Gasteiger partial charge in [-0.2, -0.15) is 0 Å². The molecule has 0 atom stereocenters. The molecule has 16 heavy (non-hydrogen) atoms. The first-order valence-electron chi connectivity index (χ1n) is 4.84. The van der Waals surface area contributed by atoms with Gasteiger partial charge in [0.1, 0.15) is 5.69 Å². The van der Waals surface area contributed by atoms with Crippen LogP contribution in [0.2, 0.25) is 0 Å². The Morgan fingerprint density at radius 3 is 2.75 bits per heavy atom. The van der Waals surface area contributed by atoms with Crippen molar-refractivity contribution in [1.82, 2.24) is 0 Å². The van der Waals surface area contributed by atoms with Crippen molar-refractivity contribution in [3.05, 3.63) is 36.4 Å². The van der Waals surface area contributed by atoms with Crippen molar-refractivity contribution in [2.45, 2.75) is 4.90 Å². The smallest absolute Gasteiger partial charge is 0.156 e. The molecule has 0 spiro atoms. The first-order chi connectivity index (χ1) is 7.75. The molecular formula is C12H9NO2S. The number of anilines is 2. The van der Waals surface area contributed by atoms with Crippen LogP contribution in [0.25, 0.3) is 0 Å². The minimum absolute atomic E-state index is 0.107. The summed E-state index contributed by atoms with van der Waals surface area (Å²) in [6, 6.07) is 11.0. The number of thiol groups is 1. The van der Waals surface area contributed by atoms with Crippen LogP contribution in [-0.2, 0) is 0 Å². The molecule has 0 radical (unpaired) electrons. The molecule has 1 aliphatic heterocycles. The van der Waals surface area contributed by atoms with Gasteiger partial charge in [-0.05, 0) is 24.3 Å². The van der Waals surface area contributed by atoms with E-state index >= 15 is 0 Å². The number of rotatable bonds is 0. The molecule has 0 saturated heterocycles. The lowest BCUT2D eigenvalue weighted by atomic mass is 10.2. The van der Waals surface area contributed by atoms with Gasteiger partial charge >= 0.3 is 0 Å². The number of hydrogen-bond donors (Lipinski definition) is 3. The van der Waals surface area contributed by atoms with E-state index < -0.39 is 0 Å². The summed E-state index contributed by atoms with van der Waals surface area (Å²) in [7, 11) is 0. The van der Waals surface area contributed by atoms with Gasteiger partial charge in [0.2, 0.25) is 0 Å². The van der Waals surface area contributed by atoms with Crippen LogP contribution in [-0.4, -0.2) is 5.11 Å². The predicted octanol–water partition coefficient (Wildman–Crippen LogP) is 3.53. The van der Waals surface area contributed by atoms with Crippen molar-refractivity contribution in [3.8, 4) is 17.2 Å². The quantitative estimate of drug-likeness (QED) is 0.409. The molecule has 0 aromatic heterocycles. The summed E-state index contributed by atoms with van der Waals surface area (Å²) in [5.74, 6) is 1.46. The molecule has 0 bridgehead atoms. The van der Waals surface area contributed by atoms with Crippen LogP contribution in [0, 0.1) is 0 Å². The minimum Gasteiger partial charge on any atom is -0.505 e. The number of benzene rings is 2. The van der Waals surface area contributed by atoms with E-state index in [1.165, 1.54) is 0 Å². The Bertz CT molecular complexity index is 569. The lowest BCUT2D eigenvalue weighted by Gasteiger charge is -2.22. The Hall–Kier alpha value is -1.81. The molecule has 0 amide bonds. The molecule has 2 aromatic carbocycles. The average Bonchev–Trinajstić information content (AvgIpc) is 2.32. The van der Waals surface area contributed by atoms with E-state index in [1.807, 2.05) is 24.3 Å². The number of hydrogen-bond acceptors (Lipinski definition) is 4. The number of ether oxygens (including phenoxy) is 1. The van der Waals surface area contributed by atoms with Crippen LogP contribution in [0.4, 0.5) is 11.4 Å². The molecule has 3 nitrogen and oxygen atoms in total. The van der Waals surface area contributed by atoms with Gasteiger partial charge in [-0.3, -0.25) is 0 Å². The fraction of sp³-hybridized carbons (Fsp3) is 0. The second-order valence-corrected chi connectivity index (χ2v) is 4.01. The lowest BCUT2D eigenvalue weighted by Crippen LogP contribution is -2.02. The maximum atomic E-state index is 9.85. The molecule has 80 valence electrons. The zero-order valence-electron chi connectivity index (χ0n) is 8.27. The Morgan fingerprint density at radius 1 is 1.06 bits per heavy atom. The summed E-state index contributed by atoms with van der Waals surface area (Å²) in [5.41, 5.74) is 1.40. The van der Waals surface area contributed by atoms with Crippen molar-refractivity contribution < 1.29 is 9.84 Å². The van der Waals surface area contributed by atoms with Crippen molar-refractivity contribution in [2.24, 2.45) is 0 Å². The first kappa shape index (κ1) is 9.42. The molecule has 2 N–H and O–H groups in total. The SMILES string of the molecule is Oc1c(S)ccc2c1Nc1ccccc1O2. The average molecular weight is 231 g/mol. The number of phenols is 1. The Morgan fingerprint density at radius 2 is 1.88 bits per heavy atom. The normalized spacial score (nSPS) is 12.1. The number of fused-ring (bicyclic) bond motifs is 2. The lowest BCUT2D eigenvalue weighted by molar-refractivity contribution is 0.446. The molecule has 0 fully saturated rings. The van der Waals surface area contributed by atoms with Crippen LogP contribution >= 0.6 is 12.6 Å². The summed E-state index contributed by atoms with van der Waals surface area (Å²) >= 11 is 4.16. The second-order valence-electron chi connectivity index (χ2n) is 3.53. The third-order valence-electron chi connectivity index (χ3n) is 2.49. The number of para-hydroxylation sites is 2. The van der Waals surface area contributed by atoms with E-state index in [1.54, 1.807) is 12.1 Å². The predicted molar refractivity (Wildman–Crippen MR) is 65.2 cm³/mol. The zero-order chi connectivity index (χ0) is 11.1. The van der Waals surface area contributed by atoms with E-state index in [2.05, 4.69) is 17.9 Å². The maximum absolute atomic E-state index is 9.85. The van der Waals surface area contributed by atoms with E-state index in [0.29, 0.717) is 16.3 Å². The Kier molecular flexibility index (Phi) is 1.97. The standard InChI is InChI=1S/C12H9NO2S/c14-12-10(16)6-5-9-11(12)13-7-3-1-2-4-8(7)15-9/h1-6,13-14,16H. The molecule has 2 aromatic rings. The van der Waals surface area contributed by atoms with Crippen LogP contribution in [0.3, 0.4) is 0 Å². The largest absolute Gasteiger partial charge is 0.505 e. The summed E-state index contributed by atoms with van der Waals surface area (Å²) in [5, 5.41) is 13.0. The highest BCUT2D eigenvalue weighted by Gasteiger charge is 2.19. The molecule has 0 unspecified atom stereocenters. The van der Waals surface area contributed by atoms with Gasteiger partial charge in [-0.15, -0.1) is 12.6 Å². The molecule has 4 heteroatoms. The molecule has 0 aliphatic carbocycles. The second kappa shape index (κ2) is 3.35. The summed E-state index contributed by atoms with van der Waals surface area (Å²) in [6.07, 6.45) is 0. The van der Waals surface area contributed by atoms with Gasteiger partial charge in [0.25, 0.3) is 0 Å². The highest BCUT2D eigenvalue weighted by Crippen LogP contribution is 2.47. The van der Waals surface area contributed by atoms with Crippen molar-refractivity contribution in [3.63, 3.8) is 0 Å². The van der Waals surface area contributed by atoms with Crippen LogP contribution in [0.5, 0.6) is 17.2 Å². The summed E-state index contributed by atoms with van der Waals surface area (Å²) in [4.78, 5) is 0.522. The monoisotopic (exact) mass is 231 g/mol. The maximum Gasteiger partial charge on any atom is 0.156 e. The minimum atomic E-state index is 0.107. The topological polar surface area (TPSA) is 41.5 Å². The molecule has 0 saturated carbocycles. The highest BCUT2D eigenvalue weighted by atomic mass is 32.1. The van der Waals surface area contributed by atoms with Crippen molar-refractivity contribution in [2.75, 3.05) is 5.32 Å². The van der Waals surface area contributed by atoms with Crippen molar-refractivity contribution in [1.29, 1.82) is 0 Å². The van der Waals surface area contributed by atoms with E-state index in [4.69, 9.17) is 4.74 Å². The van der Waals surface area contributed by atoms with Crippen molar-refractivity contribution >= 4 is 24.0 Å². The van der Waals surface area contributed by atoms with Gasteiger partial charge in [0.05, 0.1) is 5.69 Å². The van der Waals surface area contributed by atoms with Crippen LogP contribution in [0.1, 0.15) is 0 Å². The van der Waals surface area contributed by atoms with E-state index in [9.17, 15) is 5.11 Å². The third-order valence-corrected chi connectivity index (χ3v) is 2.85. The van der Waals surface area contributed by atoms with E-state index in [-0.39, 0.29) is 5.75 Å². The van der Waals surface area contributed by atoms with Crippen LogP contribution in [0.15, 0.2) is 41.3 Å². The van der Waals surface area contributed by atoms with Gasteiger partial charge in [-0.25, -0.2) is 0 Å². The molecule has 3 rings (SSSR count). The van der Waals surface area contributed by atoms with Gasteiger partial charge < -0.3 is 15.2 Å².